The van der Waals surface area contributed by atoms with Gasteiger partial charge in [-0.3, -0.25) is 4.98 Å². The highest BCUT2D eigenvalue weighted by molar-refractivity contribution is 5.84. The number of aromatic nitrogens is 1. The maximum absolute atomic E-state index is 13.3. The average molecular weight is 587 g/mol. The summed E-state index contributed by atoms with van der Waals surface area (Å²) >= 11 is 0. The summed E-state index contributed by atoms with van der Waals surface area (Å²) in [6, 6.07) is 15.1. The maximum atomic E-state index is 13.3. The van der Waals surface area contributed by atoms with E-state index in [0.29, 0.717) is 24.5 Å². The molecule has 1 aliphatic carbocycles. The van der Waals surface area contributed by atoms with Crippen LogP contribution < -0.4 is 9.64 Å². The monoisotopic (exact) mass is 586 g/mol. The van der Waals surface area contributed by atoms with Crippen molar-refractivity contribution >= 4 is 5.69 Å². The second kappa shape index (κ2) is 13.8. The molecule has 0 bridgehead atoms. The lowest BCUT2D eigenvalue weighted by molar-refractivity contribution is 0.0151. The first kappa shape index (κ1) is 30.1. The Labute approximate surface area is 256 Å². The van der Waals surface area contributed by atoms with Crippen molar-refractivity contribution in [2.24, 2.45) is 11.3 Å². The molecule has 6 heteroatoms. The first-order chi connectivity index (χ1) is 21.0. The van der Waals surface area contributed by atoms with Crippen LogP contribution in [0.25, 0.3) is 11.1 Å². The number of pyridine rings is 1. The second-order valence-corrected chi connectivity index (χ2v) is 12.9. The number of ether oxygens (including phenoxy) is 3. The number of benzene rings is 2. The molecule has 0 radical (unpaired) electrons. The Morgan fingerprint density at radius 3 is 2.35 bits per heavy atom. The highest BCUT2D eigenvalue weighted by Gasteiger charge is 2.40. The summed E-state index contributed by atoms with van der Waals surface area (Å²) in [6.07, 6.45) is 10.6. The summed E-state index contributed by atoms with van der Waals surface area (Å²) in [5.74, 6) is 1.18. The highest BCUT2D eigenvalue weighted by atomic mass is 19.1. The van der Waals surface area contributed by atoms with Gasteiger partial charge < -0.3 is 19.1 Å². The van der Waals surface area contributed by atoms with Crippen molar-refractivity contribution in [2.75, 3.05) is 44.4 Å². The zero-order valence-corrected chi connectivity index (χ0v) is 26.0. The van der Waals surface area contributed by atoms with Gasteiger partial charge in [0.05, 0.1) is 31.2 Å². The Morgan fingerprint density at radius 2 is 1.70 bits per heavy atom. The molecule has 1 spiro atoms. The van der Waals surface area contributed by atoms with Crippen molar-refractivity contribution in [1.29, 1.82) is 0 Å². The summed E-state index contributed by atoms with van der Waals surface area (Å²) in [5.41, 5.74) is 8.91. The molecule has 2 saturated heterocycles. The van der Waals surface area contributed by atoms with E-state index in [9.17, 15) is 4.39 Å². The van der Waals surface area contributed by atoms with E-state index in [2.05, 4.69) is 43.0 Å². The van der Waals surface area contributed by atoms with Crippen molar-refractivity contribution in [3.05, 3.63) is 76.9 Å². The van der Waals surface area contributed by atoms with Crippen molar-refractivity contribution in [3.8, 4) is 16.9 Å². The molecule has 3 aliphatic rings. The molecule has 1 aromatic heterocycles. The van der Waals surface area contributed by atoms with Crippen LogP contribution in [0.1, 0.15) is 74.4 Å². The first-order valence-corrected chi connectivity index (χ1v) is 16.4. The van der Waals surface area contributed by atoms with Gasteiger partial charge in [0.15, 0.2) is 0 Å². The molecular formula is C37H47FN2O3. The molecule has 0 N–H and O–H groups in total. The number of anilines is 1. The zero-order chi connectivity index (χ0) is 29.6. The quantitative estimate of drug-likeness (QED) is 0.227. The van der Waals surface area contributed by atoms with Gasteiger partial charge in [-0.05, 0) is 104 Å². The fraction of sp³-hybridized carbons (Fsp3) is 0.541. The molecule has 230 valence electrons. The van der Waals surface area contributed by atoms with E-state index in [4.69, 9.17) is 19.2 Å². The normalized spacial score (nSPS) is 18.5. The molecule has 0 amide bonds. The van der Waals surface area contributed by atoms with Gasteiger partial charge in [0, 0.05) is 44.0 Å². The van der Waals surface area contributed by atoms with Gasteiger partial charge in [-0.25, -0.2) is 4.39 Å². The third kappa shape index (κ3) is 7.07. The van der Waals surface area contributed by atoms with Crippen molar-refractivity contribution < 1.29 is 18.6 Å². The lowest BCUT2D eigenvalue weighted by atomic mass is 9.63. The topological polar surface area (TPSA) is 43.8 Å². The molecule has 0 atom stereocenters. The lowest BCUT2D eigenvalue weighted by Crippen LogP contribution is -2.44. The van der Waals surface area contributed by atoms with E-state index < -0.39 is 0 Å². The predicted octanol–water partition coefficient (Wildman–Crippen LogP) is 8.09. The van der Waals surface area contributed by atoms with Crippen molar-refractivity contribution in [2.45, 2.75) is 78.2 Å². The largest absolute Gasteiger partial charge is 0.493 e. The molecule has 2 aromatic carbocycles. The lowest BCUT2D eigenvalue weighted by Gasteiger charge is -2.49. The zero-order valence-electron chi connectivity index (χ0n) is 26.0. The second-order valence-electron chi connectivity index (χ2n) is 12.9. The number of rotatable bonds is 11. The number of hydrogen-bond donors (Lipinski definition) is 0. The number of halogens is 1. The van der Waals surface area contributed by atoms with Gasteiger partial charge in [-0.15, -0.1) is 0 Å². The van der Waals surface area contributed by atoms with E-state index >= 15 is 0 Å². The van der Waals surface area contributed by atoms with Crippen LogP contribution in [-0.2, 0) is 28.9 Å². The fourth-order valence-corrected chi connectivity index (χ4v) is 7.24. The van der Waals surface area contributed by atoms with Crippen LogP contribution in [0.4, 0.5) is 10.1 Å². The molecule has 5 nitrogen and oxygen atoms in total. The Bertz CT molecular complexity index is 1340. The minimum atomic E-state index is -0.211. The summed E-state index contributed by atoms with van der Waals surface area (Å²) < 4.78 is 31.3. The summed E-state index contributed by atoms with van der Waals surface area (Å²) in [4.78, 5) is 7.85. The van der Waals surface area contributed by atoms with Crippen molar-refractivity contribution in [3.63, 3.8) is 0 Å². The smallest absolute Gasteiger partial charge is 0.123 e. The van der Waals surface area contributed by atoms with Gasteiger partial charge in [0.1, 0.15) is 11.6 Å². The molecular weight excluding hydrogens is 539 g/mol. The third-order valence-electron chi connectivity index (χ3n) is 10.1. The molecule has 3 heterocycles. The predicted molar refractivity (Wildman–Crippen MR) is 170 cm³/mol. The van der Waals surface area contributed by atoms with Crippen LogP contribution in [0.2, 0.25) is 0 Å². The van der Waals surface area contributed by atoms with E-state index in [1.54, 1.807) is 0 Å². The molecule has 3 aromatic rings. The Kier molecular flexibility index (Phi) is 9.64. The van der Waals surface area contributed by atoms with Crippen LogP contribution >= 0.6 is 0 Å². The van der Waals surface area contributed by atoms with Crippen LogP contribution in [0.5, 0.6) is 5.75 Å². The third-order valence-corrected chi connectivity index (χ3v) is 10.1. The molecule has 3 fully saturated rings. The number of piperidine rings is 1. The van der Waals surface area contributed by atoms with E-state index in [1.807, 2.05) is 12.1 Å². The number of nitrogens with zero attached hydrogens (tertiary/aromatic N) is 2. The molecule has 0 unspecified atom stereocenters. The molecule has 43 heavy (non-hydrogen) atoms. The van der Waals surface area contributed by atoms with Gasteiger partial charge >= 0.3 is 0 Å². The Hall–Kier alpha value is -2.96. The van der Waals surface area contributed by atoms with Gasteiger partial charge in [-0.2, -0.15) is 0 Å². The molecule has 1 saturated carbocycles. The van der Waals surface area contributed by atoms with E-state index in [-0.39, 0.29) is 5.82 Å². The molecule has 2 aliphatic heterocycles. The summed E-state index contributed by atoms with van der Waals surface area (Å²) in [6.45, 7) is 10.1. The van der Waals surface area contributed by atoms with E-state index in [0.717, 1.165) is 86.9 Å². The van der Waals surface area contributed by atoms with Gasteiger partial charge in [-0.1, -0.05) is 37.6 Å². The van der Waals surface area contributed by atoms with Crippen LogP contribution in [0, 0.1) is 24.1 Å². The summed E-state index contributed by atoms with van der Waals surface area (Å²) in [7, 11) is 0. The maximum Gasteiger partial charge on any atom is 0.123 e. The average Bonchev–Trinajstić information content (AvgIpc) is 3.02. The van der Waals surface area contributed by atoms with Crippen LogP contribution in [-0.4, -0.2) is 44.5 Å². The first-order valence-electron chi connectivity index (χ1n) is 16.4. The Balaban J connectivity index is 1.25. The highest BCUT2D eigenvalue weighted by Crippen LogP contribution is 2.50. The van der Waals surface area contributed by atoms with Crippen molar-refractivity contribution in [1.82, 2.24) is 4.98 Å². The molecule has 6 rings (SSSR count). The SMILES string of the molecule is CCc1c(C)nc(COCC2CCOCC2)c(-c2ccc(OCCc3ccc(F)cc3)cc2)c1N1CCC2(CCC2)CC1. The Morgan fingerprint density at radius 1 is 0.977 bits per heavy atom. The number of aryl methyl sites for hydroxylation is 1. The van der Waals surface area contributed by atoms with Crippen LogP contribution in [0.15, 0.2) is 48.5 Å². The standard InChI is InChI=1S/C37H47FN2O3/c1-3-33-27(2)39-34(26-42-25-29-13-22-41-23-14-29)35(36(33)40-20-18-37(19-21-40)16-4-17-37)30-7-11-32(12-8-30)43-24-15-28-5-9-31(38)10-6-28/h5-12,29H,3-4,13-26H2,1-2H3. The minimum Gasteiger partial charge on any atom is -0.493 e. The minimum absolute atomic E-state index is 0.211. The van der Waals surface area contributed by atoms with Gasteiger partial charge in [0.25, 0.3) is 0 Å². The fourth-order valence-electron chi connectivity index (χ4n) is 7.24. The number of hydrogen-bond acceptors (Lipinski definition) is 5. The van der Waals surface area contributed by atoms with Crippen LogP contribution in [0.3, 0.4) is 0 Å². The summed E-state index contributed by atoms with van der Waals surface area (Å²) in [5, 5.41) is 0. The van der Waals surface area contributed by atoms with E-state index in [1.165, 1.54) is 61.1 Å². The van der Waals surface area contributed by atoms with Gasteiger partial charge in [0.2, 0.25) is 0 Å².